The van der Waals surface area contributed by atoms with Crippen molar-refractivity contribution < 1.29 is 13.2 Å². The molecule has 1 heterocycles. The number of carbonyl (C=O) groups is 1. The van der Waals surface area contributed by atoms with Crippen molar-refractivity contribution in [3.05, 3.63) is 52.3 Å². The first-order valence-electron chi connectivity index (χ1n) is 5.84. The van der Waals surface area contributed by atoms with Crippen LogP contribution >= 0.6 is 15.9 Å². The van der Waals surface area contributed by atoms with Gasteiger partial charge in [0.2, 0.25) is 10.0 Å². The fourth-order valence-corrected chi connectivity index (χ4v) is 2.72. The van der Waals surface area contributed by atoms with E-state index in [0.29, 0.717) is 15.7 Å². The normalized spacial score (nSPS) is 11.2. The Kier molecular flexibility index (Phi) is 4.40. The number of primary sulfonamides is 1. The van der Waals surface area contributed by atoms with Crippen LogP contribution in [0.4, 0.5) is 5.69 Å². The third kappa shape index (κ3) is 3.66. The zero-order valence-corrected chi connectivity index (χ0v) is 13.4. The molecule has 6 nitrogen and oxygen atoms in total. The van der Waals surface area contributed by atoms with Gasteiger partial charge in [0.15, 0.2) is 0 Å². The van der Waals surface area contributed by atoms with E-state index in [-0.39, 0.29) is 10.6 Å². The first-order chi connectivity index (χ1) is 9.79. The van der Waals surface area contributed by atoms with Gasteiger partial charge in [0.25, 0.3) is 5.91 Å². The van der Waals surface area contributed by atoms with Crippen LogP contribution < -0.4 is 10.5 Å². The van der Waals surface area contributed by atoms with Crippen molar-refractivity contribution in [3.8, 4) is 0 Å². The molecule has 0 unspecified atom stereocenters. The highest BCUT2D eigenvalue weighted by Crippen LogP contribution is 2.21. The zero-order chi connectivity index (χ0) is 15.6. The van der Waals surface area contributed by atoms with E-state index in [1.54, 1.807) is 19.1 Å². The fourth-order valence-electron chi connectivity index (χ4n) is 1.69. The lowest BCUT2D eigenvalue weighted by molar-refractivity contribution is 0.102. The zero-order valence-electron chi connectivity index (χ0n) is 11.0. The summed E-state index contributed by atoms with van der Waals surface area (Å²) in [7, 11) is -3.76. The maximum atomic E-state index is 12.1. The molecule has 1 aromatic carbocycles. The van der Waals surface area contributed by atoms with Crippen molar-refractivity contribution in [1.29, 1.82) is 0 Å². The second-order valence-corrected chi connectivity index (χ2v) is 6.73. The maximum absolute atomic E-state index is 12.1. The first kappa shape index (κ1) is 15.6. The van der Waals surface area contributed by atoms with E-state index in [2.05, 4.69) is 26.2 Å². The molecule has 0 bridgehead atoms. The van der Waals surface area contributed by atoms with Crippen LogP contribution in [0.2, 0.25) is 0 Å². The van der Waals surface area contributed by atoms with Crippen molar-refractivity contribution in [2.24, 2.45) is 5.14 Å². The summed E-state index contributed by atoms with van der Waals surface area (Å²) in [6.07, 6.45) is 1.51. The van der Waals surface area contributed by atoms with Gasteiger partial charge in [-0.3, -0.25) is 4.79 Å². The Morgan fingerprint density at radius 3 is 2.62 bits per heavy atom. The van der Waals surface area contributed by atoms with Crippen molar-refractivity contribution in [1.82, 2.24) is 4.98 Å². The van der Waals surface area contributed by atoms with Crippen molar-refractivity contribution >= 4 is 37.5 Å². The van der Waals surface area contributed by atoms with Crippen LogP contribution in [0.15, 0.2) is 45.9 Å². The molecule has 0 aliphatic heterocycles. The van der Waals surface area contributed by atoms with Crippen molar-refractivity contribution in [3.63, 3.8) is 0 Å². The van der Waals surface area contributed by atoms with E-state index in [4.69, 9.17) is 5.14 Å². The summed E-state index contributed by atoms with van der Waals surface area (Å²) in [5.74, 6) is -0.395. The van der Waals surface area contributed by atoms with E-state index >= 15 is 0 Å². The molecule has 21 heavy (non-hydrogen) atoms. The van der Waals surface area contributed by atoms with Gasteiger partial charge >= 0.3 is 0 Å². The molecule has 0 atom stereocenters. The van der Waals surface area contributed by atoms with Gasteiger partial charge in [0.05, 0.1) is 4.90 Å². The lowest BCUT2D eigenvalue weighted by Gasteiger charge is -2.10. The summed E-state index contributed by atoms with van der Waals surface area (Å²) in [4.78, 5) is 16.1. The molecule has 3 N–H and O–H groups in total. The van der Waals surface area contributed by atoms with Crippen LogP contribution in [-0.4, -0.2) is 19.3 Å². The lowest BCUT2D eigenvalue weighted by atomic mass is 10.2. The molecule has 0 saturated carbocycles. The largest absolute Gasteiger partial charge is 0.320 e. The number of amides is 1. The standard InChI is InChI=1S/C13H12BrN3O3S/c1-8-7-9(21(15,19)20)4-5-11(8)17-13(18)12-10(14)3-2-6-16-12/h2-7H,1H3,(H,17,18)(H2,15,19,20). The number of aryl methyl sites for hydroxylation is 1. The number of aromatic nitrogens is 1. The molecular formula is C13H12BrN3O3S. The Morgan fingerprint density at radius 2 is 2.05 bits per heavy atom. The van der Waals surface area contributed by atoms with Gasteiger partial charge in [-0.05, 0) is 58.7 Å². The number of hydrogen-bond acceptors (Lipinski definition) is 4. The topological polar surface area (TPSA) is 102 Å². The second kappa shape index (κ2) is 5.92. The fraction of sp³-hybridized carbons (Fsp3) is 0.0769. The van der Waals surface area contributed by atoms with Crippen molar-refractivity contribution in [2.75, 3.05) is 5.32 Å². The van der Waals surface area contributed by atoms with E-state index in [0.717, 1.165) is 0 Å². The Bertz CT molecular complexity index is 806. The van der Waals surface area contributed by atoms with Crippen LogP contribution in [0.3, 0.4) is 0 Å². The predicted octanol–water partition coefficient (Wildman–Crippen LogP) is 2.05. The minimum atomic E-state index is -3.76. The number of nitrogens with one attached hydrogen (secondary N) is 1. The number of nitrogens with two attached hydrogens (primary N) is 1. The highest BCUT2D eigenvalue weighted by Gasteiger charge is 2.14. The molecule has 0 aliphatic rings. The third-order valence-corrected chi connectivity index (χ3v) is 4.30. The number of carbonyl (C=O) groups excluding carboxylic acids is 1. The minimum absolute atomic E-state index is 0.00276. The second-order valence-electron chi connectivity index (χ2n) is 4.31. The van der Waals surface area contributed by atoms with E-state index < -0.39 is 15.9 Å². The quantitative estimate of drug-likeness (QED) is 0.863. The summed E-state index contributed by atoms with van der Waals surface area (Å²) in [5, 5.41) is 7.74. The molecule has 110 valence electrons. The van der Waals surface area contributed by atoms with E-state index in [1.165, 1.54) is 24.4 Å². The third-order valence-electron chi connectivity index (χ3n) is 2.75. The first-order valence-corrected chi connectivity index (χ1v) is 8.18. The number of hydrogen-bond donors (Lipinski definition) is 2. The number of pyridine rings is 1. The number of rotatable bonds is 3. The van der Waals surface area contributed by atoms with Gasteiger partial charge in [-0.2, -0.15) is 0 Å². The average Bonchev–Trinajstić information content (AvgIpc) is 2.40. The number of sulfonamides is 1. The number of anilines is 1. The Morgan fingerprint density at radius 1 is 1.33 bits per heavy atom. The minimum Gasteiger partial charge on any atom is -0.320 e. The Hall–Kier alpha value is -1.77. The van der Waals surface area contributed by atoms with Gasteiger partial charge in [0, 0.05) is 16.4 Å². The highest BCUT2D eigenvalue weighted by molar-refractivity contribution is 9.10. The molecule has 0 saturated heterocycles. The summed E-state index contributed by atoms with van der Waals surface area (Å²) in [5.41, 5.74) is 1.32. The molecule has 0 radical (unpaired) electrons. The highest BCUT2D eigenvalue weighted by atomic mass is 79.9. The summed E-state index contributed by atoms with van der Waals surface area (Å²) in [6, 6.07) is 7.64. The molecule has 1 amide bonds. The summed E-state index contributed by atoms with van der Waals surface area (Å²) in [6.45, 7) is 1.68. The summed E-state index contributed by atoms with van der Waals surface area (Å²) >= 11 is 3.25. The van der Waals surface area contributed by atoms with Gasteiger partial charge in [-0.25, -0.2) is 18.5 Å². The van der Waals surface area contributed by atoms with Crippen LogP contribution in [0.25, 0.3) is 0 Å². The molecule has 2 rings (SSSR count). The van der Waals surface area contributed by atoms with Gasteiger partial charge in [-0.15, -0.1) is 0 Å². The van der Waals surface area contributed by atoms with Crippen LogP contribution in [0.5, 0.6) is 0 Å². The van der Waals surface area contributed by atoms with Gasteiger partial charge < -0.3 is 5.32 Å². The number of halogens is 1. The molecule has 2 aromatic rings. The van der Waals surface area contributed by atoms with E-state index in [9.17, 15) is 13.2 Å². The lowest BCUT2D eigenvalue weighted by Crippen LogP contribution is -2.16. The number of nitrogens with zero attached hydrogens (tertiary/aromatic N) is 1. The van der Waals surface area contributed by atoms with E-state index in [1.807, 2.05) is 0 Å². The van der Waals surface area contributed by atoms with Crippen LogP contribution in [0.1, 0.15) is 16.1 Å². The monoisotopic (exact) mass is 369 g/mol. The average molecular weight is 370 g/mol. The van der Waals surface area contributed by atoms with Gasteiger partial charge in [-0.1, -0.05) is 0 Å². The molecular weight excluding hydrogens is 358 g/mol. The molecule has 1 aromatic heterocycles. The summed E-state index contributed by atoms with van der Waals surface area (Å²) < 4.78 is 23.1. The maximum Gasteiger partial charge on any atom is 0.275 e. The molecule has 0 aliphatic carbocycles. The molecule has 0 fully saturated rings. The Labute approximate surface area is 130 Å². The molecule has 0 spiro atoms. The van der Waals surface area contributed by atoms with Crippen LogP contribution in [-0.2, 0) is 10.0 Å². The Balaban J connectivity index is 2.29. The molecule has 8 heteroatoms. The SMILES string of the molecule is Cc1cc(S(N)(=O)=O)ccc1NC(=O)c1ncccc1Br. The van der Waals surface area contributed by atoms with Gasteiger partial charge in [0.1, 0.15) is 5.69 Å². The predicted molar refractivity (Wildman–Crippen MR) is 82.4 cm³/mol. The smallest absolute Gasteiger partial charge is 0.275 e. The van der Waals surface area contributed by atoms with Crippen molar-refractivity contribution in [2.45, 2.75) is 11.8 Å². The van der Waals surface area contributed by atoms with Crippen LogP contribution in [0, 0.1) is 6.92 Å². The number of benzene rings is 1.